The van der Waals surface area contributed by atoms with Crippen LogP contribution in [0.5, 0.6) is 0 Å². The van der Waals surface area contributed by atoms with Crippen LogP contribution in [-0.2, 0) is 25.5 Å². The summed E-state index contributed by atoms with van der Waals surface area (Å²) in [5.74, 6) is 1.03. The SMILES string of the molecule is CCOC(=O)c1c(CC(C)C)csc1NC(=O)COC(=O)C[C@H]1C[C@H]2CC[C@@H]1C2. The number of carbonyl (C=O) groups is 3. The topological polar surface area (TPSA) is 81.7 Å². The van der Waals surface area contributed by atoms with E-state index in [-0.39, 0.29) is 19.2 Å². The van der Waals surface area contributed by atoms with Crippen molar-refractivity contribution in [2.24, 2.45) is 23.7 Å². The highest BCUT2D eigenvalue weighted by Gasteiger charge is 2.40. The molecule has 0 saturated heterocycles. The molecule has 0 unspecified atom stereocenters. The zero-order chi connectivity index (χ0) is 21.0. The predicted octanol–water partition coefficient (Wildman–Crippen LogP) is 4.43. The molecule has 2 bridgehead atoms. The molecule has 3 atom stereocenters. The molecule has 29 heavy (non-hydrogen) atoms. The Balaban J connectivity index is 1.53. The Kier molecular flexibility index (Phi) is 7.33. The van der Waals surface area contributed by atoms with Gasteiger partial charge in [0.25, 0.3) is 5.91 Å². The lowest BCUT2D eigenvalue weighted by Crippen LogP contribution is -2.23. The van der Waals surface area contributed by atoms with Gasteiger partial charge < -0.3 is 14.8 Å². The summed E-state index contributed by atoms with van der Waals surface area (Å²) in [5.41, 5.74) is 1.28. The number of esters is 2. The van der Waals surface area contributed by atoms with E-state index in [0.29, 0.717) is 34.7 Å². The summed E-state index contributed by atoms with van der Waals surface area (Å²) in [6.07, 6.45) is 5.99. The molecule has 0 spiro atoms. The zero-order valence-corrected chi connectivity index (χ0v) is 18.3. The van der Waals surface area contributed by atoms with Crippen LogP contribution in [0, 0.1) is 23.7 Å². The molecule has 1 aromatic heterocycles. The van der Waals surface area contributed by atoms with Crippen LogP contribution in [0.15, 0.2) is 5.38 Å². The van der Waals surface area contributed by atoms with Gasteiger partial charge in [0.15, 0.2) is 6.61 Å². The van der Waals surface area contributed by atoms with Crippen LogP contribution in [0.4, 0.5) is 5.00 Å². The standard InChI is InChI=1S/C22H31NO5S/c1-4-27-22(26)20-17(7-13(2)3)12-29-21(20)23-18(24)11-28-19(25)10-16-9-14-5-6-15(16)8-14/h12-16H,4-11H2,1-3H3,(H,23,24)/t14-,15+,16+/m0/s1. The number of rotatable bonds is 9. The van der Waals surface area contributed by atoms with E-state index in [1.807, 2.05) is 5.38 Å². The van der Waals surface area contributed by atoms with Crippen LogP contribution in [0.25, 0.3) is 0 Å². The van der Waals surface area contributed by atoms with Gasteiger partial charge in [0, 0.05) is 6.42 Å². The molecular formula is C22H31NO5S. The fourth-order valence-corrected chi connectivity index (χ4v) is 5.69. The van der Waals surface area contributed by atoms with Crippen molar-refractivity contribution in [2.75, 3.05) is 18.5 Å². The minimum Gasteiger partial charge on any atom is -0.462 e. The van der Waals surface area contributed by atoms with Gasteiger partial charge in [0.1, 0.15) is 5.00 Å². The Morgan fingerprint density at radius 1 is 1.21 bits per heavy atom. The van der Waals surface area contributed by atoms with E-state index in [4.69, 9.17) is 9.47 Å². The fourth-order valence-electron chi connectivity index (χ4n) is 4.71. The highest BCUT2D eigenvalue weighted by atomic mass is 32.1. The maximum Gasteiger partial charge on any atom is 0.341 e. The first kappa shape index (κ1) is 21.8. The third kappa shape index (κ3) is 5.59. The van der Waals surface area contributed by atoms with Crippen molar-refractivity contribution >= 4 is 34.2 Å². The van der Waals surface area contributed by atoms with Gasteiger partial charge in [-0.25, -0.2) is 4.79 Å². The molecule has 1 aromatic rings. The average Bonchev–Trinajstić information content (AvgIpc) is 3.36. The van der Waals surface area contributed by atoms with Gasteiger partial charge in [-0.2, -0.15) is 0 Å². The van der Waals surface area contributed by atoms with E-state index in [1.54, 1.807) is 6.92 Å². The lowest BCUT2D eigenvalue weighted by molar-refractivity contribution is -0.148. The van der Waals surface area contributed by atoms with Crippen LogP contribution in [0.2, 0.25) is 0 Å². The highest BCUT2D eigenvalue weighted by Crippen LogP contribution is 2.49. The van der Waals surface area contributed by atoms with Gasteiger partial charge in [-0.3, -0.25) is 9.59 Å². The summed E-state index contributed by atoms with van der Waals surface area (Å²) in [6.45, 7) is 5.82. The van der Waals surface area contributed by atoms with Crippen molar-refractivity contribution < 1.29 is 23.9 Å². The average molecular weight is 422 g/mol. The first-order valence-electron chi connectivity index (χ1n) is 10.6. The number of ether oxygens (including phenoxy) is 2. The summed E-state index contributed by atoms with van der Waals surface area (Å²) in [6, 6.07) is 0. The molecule has 0 aromatic carbocycles. The van der Waals surface area contributed by atoms with Crippen LogP contribution in [0.1, 0.15) is 68.8 Å². The third-order valence-corrected chi connectivity index (χ3v) is 6.85. The van der Waals surface area contributed by atoms with Crippen LogP contribution in [0.3, 0.4) is 0 Å². The molecule has 6 nitrogen and oxygen atoms in total. The molecule has 0 radical (unpaired) electrons. The van der Waals surface area contributed by atoms with Crippen LogP contribution >= 0.6 is 11.3 Å². The summed E-state index contributed by atoms with van der Waals surface area (Å²) in [4.78, 5) is 36.8. The number of hydrogen-bond donors (Lipinski definition) is 1. The maximum absolute atomic E-state index is 12.4. The Bertz CT molecular complexity index is 756. The molecule has 160 valence electrons. The minimum absolute atomic E-state index is 0.268. The largest absolute Gasteiger partial charge is 0.462 e. The van der Waals surface area contributed by atoms with E-state index in [9.17, 15) is 14.4 Å². The van der Waals surface area contributed by atoms with Crippen molar-refractivity contribution in [1.29, 1.82) is 0 Å². The molecule has 2 fully saturated rings. The number of anilines is 1. The van der Waals surface area contributed by atoms with Gasteiger partial charge in [0.05, 0.1) is 12.2 Å². The normalized spacial score (nSPS) is 22.7. The van der Waals surface area contributed by atoms with E-state index in [2.05, 4.69) is 19.2 Å². The molecule has 1 N–H and O–H groups in total. The molecule has 3 rings (SSSR count). The van der Waals surface area contributed by atoms with Gasteiger partial charge in [-0.05, 0) is 67.2 Å². The molecule has 2 saturated carbocycles. The summed E-state index contributed by atoms with van der Waals surface area (Å²) in [7, 11) is 0. The Hall–Kier alpha value is -1.89. The Morgan fingerprint density at radius 2 is 2.00 bits per heavy atom. The van der Waals surface area contributed by atoms with Crippen molar-refractivity contribution in [1.82, 2.24) is 0 Å². The second-order valence-electron chi connectivity index (χ2n) is 8.63. The summed E-state index contributed by atoms with van der Waals surface area (Å²) in [5, 5.41) is 5.05. The van der Waals surface area contributed by atoms with Crippen LogP contribution < -0.4 is 5.32 Å². The fraction of sp³-hybridized carbons (Fsp3) is 0.682. The van der Waals surface area contributed by atoms with E-state index in [0.717, 1.165) is 24.3 Å². The minimum atomic E-state index is -0.437. The number of nitrogens with one attached hydrogen (secondary N) is 1. The number of thiophene rings is 1. The molecule has 2 aliphatic rings. The number of amides is 1. The molecule has 7 heteroatoms. The number of hydrogen-bond acceptors (Lipinski definition) is 6. The number of fused-ring (bicyclic) bond motifs is 2. The van der Waals surface area contributed by atoms with E-state index >= 15 is 0 Å². The second-order valence-corrected chi connectivity index (χ2v) is 9.51. The summed E-state index contributed by atoms with van der Waals surface area (Å²) < 4.78 is 10.4. The van der Waals surface area contributed by atoms with Crippen molar-refractivity contribution in [2.45, 2.75) is 59.3 Å². The highest BCUT2D eigenvalue weighted by molar-refractivity contribution is 7.15. The molecular weight excluding hydrogens is 390 g/mol. The molecule has 2 aliphatic carbocycles. The molecule has 1 heterocycles. The van der Waals surface area contributed by atoms with Crippen LogP contribution in [-0.4, -0.2) is 31.1 Å². The van der Waals surface area contributed by atoms with Crippen molar-refractivity contribution in [3.8, 4) is 0 Å². The van der Waals surface area contributed by atoms with Gasteiger partial charge in [-0.1, -0.05) is 20.3 Å². The zero-order valence-electron chi connectivity index (χ0n) is 17.5. The first-order chi connectivity index (χ1) is 13.9. The number of carbonyl (C=O) groups excluding carboxylic acids is 3. The second kappa shape index (κ2) is 9.74. The quantitative estimate of drug-likeness (QED) is 0.597. The van der Waals surface area contributed by atoms with Gasteiger partial charge >= 0.3 is 11.9 Å². The molecule has 1 amide bonds. The lowest BCUT2D eigenvalue weighted by Gasteiger charge is -2.20. The lowest BCUT2D eigenvalue weighted by atomic mass is 9.86. The van der Waals surface area contributed by atoms with Crippen molar-refractivity contribution in [3.63, 3.8) is 0 Å². The Labute approximate surface area is 176 Å². The van der Waals surface area contributed by atoms with Gasteiger partial charge in [0.2, 0.25) is 0 Å². The smallest absolute Gasteiger partial charge is 0.341 e. The third-order valence-electron chi connectivity index (χ3n) is 5.91. The first-order valence-corrected chi connectivity index (χ1v) is 11.5. The van der Waals surface area contributed by atoms with Crippen molar-refractivity contribution in [3.05, 3.63) is 16.5 Å². The van der Waals surface area contributed by atoms with E-state index in [1.165, 1.54) is 30.6 Å². The predicted molar refractivity (Wildman–Crippen MR) is 112 cm³/mol. The van der Waals surface area contributed by atoms with Gasteiger partial charge in [-0.15, -0.1) is 11.3 Å². The summed E-state index contributed by atoms with van der Waals surface area (Å²) >= 11 is 1.30. The maximum atomic E-state index is 12.4. The molecule has 0 aliphatic heterocycles. The Morgan fingerprint density at radius 3 is 2.62 bits per heavy atom. The monoisotopic (exact) mass is 421 g/mol. The van der Waals surface area contributed by atoms with E-state index < -0.39 is 11.9 Å².